The van der Waals surface area contributed by atoms with E-state index in [4.69, 9.17) is 9.47 Å². The Hall–Kier alpha value is -2.18. The Morgan fingerprint density at radius 3 is 2.36 bits per heavy atom. The van der Waals surface area contributed by atoms with Crippen LogP contribution in [0.4, 0.5) is 0 Å². The Labute approximate surface area is 167 Å². The second kappa shape index (κ2) is 9.34. The molecule has 1 aromatic rings. The van der Waals surface area contributed by atoms with Crippen molar-refractivity contribution in [3.63, 3.8) is 0 Å². The first-order valence-corrected chi connectivity index (χ1v) is 9.76. The van der Waals surface area contributed by atoms with E-state index in [9.17, 15) is 14.7 Å². The minimum absolute atomic E-state index is 0.123. The van der Waals surface area contributed by atoms with Crippen molar-refractivity contribution in [3.05, 3.63) is 48.0 Å². The van der Waals surface area contributed by atoms with Crippen molar-refractivity contribution in [3.8, 4) is 0 Å². The molecule has 1 saturated carbocycles. The fourth-order valence-electron chi connectivity index (χ4n) is 3.47. The number of carbonyl (C=O) groups is 2. The summed E-state index contributed by atoms with van der Waals surface area (Å²) in [6, 6.07) is 9.04. The van der Waals surface area contributed by atoms with Crippen LogP contribution in [-0.2, 0) is 24.7 Å². The third-order valence-electron chi connectivity index (χ3n) is 5.29. The highest BCUT2D eigenvalue weighted by Gasteiger charge is 2.47. The number of esters is 2. The van der Waals surface area contributed by atoms with Crippen molar-refractivity contribution in [1.29, 1.82) is 0 Å². The lowest BCUT2D eigenvalue weighted by molar-refractivity contribution is -0.907. The second-order valence-electron chi connectivity index (χ2n) is 8.25. The fourth-order valence-corrected chi connectivity index (χ4v) is 3.47. The van der Waals surface area contributed by atoms with Gasteiger partial charge in [0, 0.05) is 11.5 Å². The van der Waals surface area contributed by atoms with Gasteiger partial charge in [-0.3, -0.25) is 4.48 Å². The minimum Gasteiger partial charge on any atom is -0.457 e. The molecule has 6 heteroatoms. The zero-order valence-corrected chi connectivity index (χ0v) is 17.1. The van der Waals surface area contributed by atoms with E-state index in [0.717, 1.165) is 25.7 Å². The molecule has 0 radical (unpaired) electrons. The monoisotopic (exact) mass is 390 g/mol. The Balaban J connectivity index is 1.98. The molecule has 0 amide bonds. The molecule has 0 saturated heterocycles. The van der Waals surface area contributed by atoms with Crippen LogP contribution in [-0.4, -0.2) is 55.5 Å². The summed E-state index contributed by atoms with van der Waals surface area (Å²) < 4.78 is 11.0. The first-order chi connectivity index (χ1) is 13.2. The molecule has 0 spiro atoms. The van der Waals surface area contributed by atoms with Gasteiger partial charge in [-0.2, -0.15) is 0 Å². The van der Waals surface area contributed by atoms with Gasteiger partial charge in [0.25, 0.3) is 0 Å². The lowest BCUT2D eigenvalue weighted by atomic mass is 9.80. The van der Waals surface area contributed by atoms with Crippen molar-refractivity contribution >= 4 is 11.9 Å². The number of ether oxygens (including phenoxy) is 2. The van der Waals surface area contributed by atoms with Gasteiger partial charge in [0.15, 0.2) is 5.60 Å². The van der Waals surface area contributed by atoms with Crippen LogP contribution in [0.3, 0.4) is 0 Å². The van der Waals surface area contributed by atoms with E-state index in [0.29, 0.717) is 22.2 Å². The molecule has 1 fully saturated rings. The standard InChI is InChI=1S/C22H32NO5/c1-17(2)20(24)28-16-23(3,4)14-15-27-21(25)22(26,19-12-8-9-13-19)18-10-6-5-7-11-18/h5-7,10-11,19,26H,1,8-9,12-16H2,2-4H3/q+1/t22-/m1/s1. The minimum atomic E-state index is -1.62. The topological polar surface area (TPSA) is 72.8 Å². The van der Waals surface area contributed by atoms with Crippen molar-refractivity contribution in [2.24, 2.45) is 5.92 Å². The summed E-state index contributed by atoms with van der Waals surface area (Å²) in [6.45, 7) is 5.87. The normalized spacial score (nSPS) is 17.0. The van der Waals surface area contributed by atoms with E-state index in [1.54, 1.807) is 19.1 Å². The quantitative estimate of drug-likeness (QED) is 0.304. The number of benzene rings is 1. The molecule has 1 atom stereocenters. The van der Waals surface area contributed by atoms with Gasteiger partial charge in [0.05, 0.1) is 14.1 Å². The summed E-state index contributed by atoms with van der Waals surface area (Å²) in [4.78, 5) is 24.5. The highest BCUT2D eigenvalue weighted by atomic mass is 16.6. The van der Waals surface area contributed by atoms with Crippen LogP contribution in [0.15, 0.2) is 42.5 Å². The summed E-state index contributed by atoms with van der Waals surface area (Å²) in [5.41, 5.74) is -0.701. The molecule has 0 heterocycles. The first kappa shape index (κ1) is 22.1. The van der Waals surface area contributed by atoms with E-state index in [1.165, 1.54) is 0 Å². The predicted molar refractivity (Wildman–Crippen MR) is 106 cm³/mol. The molecule has 1 N–H and O–H groups in total. The van der Waals surface area contributed by atoms with Gasteiger partial charge in [0.1, 0.15) is 13.2 Å². The Morgan fingerprint density at radius 1 is 1.18 bits per heavy atom. The van der Waals surface area contributed by atoms with Crippen LogP contribution < -0.4 is 0 Å². The van der Waals surface area contributed by atoms with Crippen molar-refractivity contribution in [2.75, 3.05) is 34.0 Å². The van der Waals surface area contributed by atoms with Crippen molar-refractivity contribution < 1.29 is 28.7 Å². The lowest BCUT2D eigenvalue weighted by Crippen LogP contribution is -2.47. The van der Waals surface area contributed by atoms with E-state index in [2.05, 4.69) is 6.58 Å². The zero-order chi connectivity index (χ0) is 20.8. The van der Waals surface area contributed by atoms with Crippen molar-refractivity contribution in [2.45, 2.75) is 38.2 Å². The van der Waals surface area contributed by atoms with Gasteiger partial charge in [0.2, 0.25) is 6.73 Å². The summed E-state index contributed by atoms with van der Waals surface area (Å²) in [5, 5.41) is 11.4. The van der Waals surface area contributed by atoms with Crippen LogP contribution >= 0.6 is 0 Å². The molecule has 0 unspecified atom stereocenters. The van der Waals surface area contributed by atoms with E-state index in [1.807, 2.05) is 32.3 Å². The average molecular weight is 391 g/mol. The van der Waals surface area contributed by atoms with Gasteiger partial charge < -0.3 is 14.6 Å². The molecule has 0 aromatic heterocycles. The Morgan fingerprint density at radius 2 is 1.79 bits per heavy atom. The molecular weight excluding hydrogens is 358 g/mol. The predicted octanol–water partition coefficient (Wildman–Crippen LogP) is 2.76. The first-order valence-electron chi connectivity index (χ1n) is 9.76. The molecule has 1 aromatic carbocycles. The van der Waals surface area contributed by atoms with Gasteiger partial charge in [-0.1, -0.05) is 49.8 Å². The molecule has 0 bridgehead atoms. The molecule has 2 rings (SSSR count). The highest BCUT2D eigenvalue weighted by Crippen LogP contribution is 2.41. The van der Waals surface area contributed by atoms with Gasteiger partial charge >= 0.3 is 11.9 Å². The Kier molecular flexibility index (Phi) is 7.38. The molecule has 28 heavy (non-hydrogen) atoms. The molecular formula is C22H32NO5+. The number of aliphatic hydroxyl groups is 1. The number of likely N-dealkylation sites (N-methyl/N-ethyl adjacent to an activating group) is 1. The number of hydrogen-bond acceptors (Lipinski definition) is 5. The van der Waals surface area contributed by atoms with E-state index in [-0.39, 0.29) is 19.3 Å². The number of hydrogen-bond donors (Lipinski definition) is 1. The lowest BCUT2D eigenvalue weighted by Gasteiger charge is -2.33. The van der Waals surface area contributed by atoms with E-state index >= 15 is 0 Å². The van der Waals surface area contributed by atoms with Crippen molar-refractivity contribution in [1.82, 2.24) is 0 Å². The molecule has 6 nitrogen and oxygen atoms in total. The van der Waals surface area contributed by atoms with Crippen LogP contribution in [0.5, 0.6) is 0 Å². The number of quaternary nitrogens is 1. The Bertz CT molecular complexity index is 694. The number of nitrogens with zero attached hydrogens (tertiary/aromatic N) is 1. The van der Waals surface area contributed by atoms with Crippen LogP contribution in [0.25, 0.3) is 0 Å². The smallest absolute Gasteiger partial charge is 0.343 e. The highest BCUT2D eigenvalue weighted by molar-refractivity contribution is 5.86. The molecule has 0 aliphatic heterocycles. The third-order valence-corrected chi connectivity index (χ3v) is 5.29. The molecule has 154 valence electrons. The van der Waals surface area contributed by atoms with Crippen LogP contribution in [0.1, 0.15) is 38.2 Å². The SMILES string of the molecule is C=C(C)C(=O)OC[N+](C)(C)CCOC(=O)[C@@](O)(c1ccccc1)C1CCCC1. The van der Waals surface area contributed by atoms with Gasteiger partial charge in [-0.15, -0.1) is 0 Å². The summed E-state index contributed by atoms with van der Waals surface area (Å²) in [7, 11) is 3.75. The molecule has 1 aliphatic rings. The molecule has 1 aliphatic carbocycles. The third kappa shape index (κ3) is 5.42. The van der Waals surface area contributed by atoms with Gasteiger partial charge in [-0.25, -0.2) is 9.59 Å². The number of carbonyl (C=O) groups excluding carboxylic acids is 2. The second-order valence-corrected chi connectivity index (χ2v) is 8.25. The largest absolute Gasteiger partial charge is 0.457 e. The van der Waals surface area contributed by atoms with Gasteiger partial charge in [-0.05, 0) is 25.3 Å². The maximum Gasteiger partial charge on any atom is 0.343 e. The zero-order valence-electron chi connectivity index (χ0n) is 17.1. The van der Waals surface area contributed by atoms with Crippen LogP contribution in [0, 0.1) is 5.92 Å². The maximum absolute atomic E-state index is 12.9. The summed E-state index contributed by atoms with van der Waals surface area (Å²) >= 11 is 0. The number of rotatable bonds is 9. The van der Waals surface area contributed by atoms with Crippen LogP contribution in [0.2, 0.25) is 0 Å². The maximum atomic E-state index is 12.9. The van der Waals surface area contributed by atoms with E-state index < -0.39 is 17.5 Å². The summed E-state index contributed by atoms with van der Waals surface area (Å²) in [6.07, 6.45) is 3.62. The average Bonchev–Trinajstić information content (AvgIpc) is 3.21. The fraction of sp³-hybridized carbons (Fsp3) is 0.545. The summed E-state index contributed by atoms with van der Waals surface area (Å²) in [5.74, 6) is -1.19.